The standard InChI is InChI=1S/C12H26O3Si/c1-5-9-12-15-16(8-4,13-10-6-2)14-11-7-3/h8H,4-7,9-12H2,1-3H3. The average molecular weight is 246 g/mol. The zero-order valence-corrected chi connectivity index (χ0v) is 12.0. The predicted octanol–water partition coefficient (Wildman–Crippen LogP) is 3.32. The van der Waals surface area contributed by atoms with Crippen LogP contribution in [0.15, 0.2) is 12.3 Å². The smallest absolute Gasteiger partial charge is 0.370 e. The SMILES string of the molecule is C=C[Si](OCCC)(OCCC)OCCCC. The minimum Gasteiger partial charge on any atom is -0.370 e. The lowest BCUT2D eigenvalue weighted by Gasteiger charge is -2.26. The first kappa shape index (κ1) is 15.8. The van der Waals surface area contributed by atoms with Crippen LogP contribution in [-0.2, 0) is 13.3 Å². The molecule has 0 aromatic rings. The van der Waals surface area contributed by atoms with Crippen molar-refractivity contribution in [3.05, 3.63) is 12.3 Å². The van der Waals surface area contributed by atoms with Gasteiger partial charge in [-0.1, -0.05) is 33.8 Å². The summed E-state index contributed by atoms with van der Waals surface area (Å²) in [5.41, 5.74) is 1.74. The summed E-state index contributed by atoms with van der Waals surface area (Å²) in [6.07, 6.45) is 4.08. The van der Waals surface area contributed by atoms with Crippen LogP contribution >= 0.6 is 0 Å². The Hall–Kier alpha value is -0.163. The molecule has 4 heteroatoms. The van der Waals surface area contributed by atoms with Gasteiger partial charge in [-0.25, -0.2) is 0 Å². The molecule has 0 saturated carbocycles. The van der Waals surface area contributed by atoms with Gasteiger partial charge in [-0.2, -0.15) is 0 Å². The molecule has 0 aromatic heterocycles. The Labute approximate surface area is 101 Å². The van der Waals surface area contributed by atoms with Gasteiger partial charge in [0.15, 0.2) is 0 Å². The van der Waals surface area contributed by atoms with Crippen molar-refractivity contribution in [1.29, 1.82) is 0 Å². The normalized spacial score (nSPS) is 11.7. The number of hydrogen-bond acceptors (Lipinski definition) is 3. The molecule has 0 aromatic carbocycles. The maximum Gasteiger partial charge on any atom is 0.529 e. The largest absolute Gasteiger partial charge is 0.529 e. The second kappa shape index (κ2) is 10.0. The highest BCUT2D eigenvalue weighted by atomic mass is 28.4. The first-order valence-electron chi connectivity index (χ1n) is 6.30. The van der Waals surface area contributed by atoms with Crippen LogP contribution in [0.25, 0.3) is 0 Å². The lowest BCUT2D eigenvalue weighted by Crippen LogP contribution is -2.45. The maximum absolute atomic E-state index is 5.80. The van der Waals surface area contributed by atoms with E-state index in [0.717, 1.165) is 25.7 Å². The Morgan fingerprint density at radius 2 is 1.38 bits per heavy atom. The first-order valence-corrected chi connectivity index (χ1v) is 8.10. The molecule has 0 N–H and O–H groups in total. The molecular formula is C12H26O3Si. The van der Waals surface area contributed by atoms with Gasteiger partial charge in [0.05, 0.1) is 0 Å². The van der Waals surface area contributed by atoms with E-state index in [0.29, 0.717) is 19.8 Å². The second-order valence-corrected chi connectivity index (χ2v) is 6.19. The monoisotopic (exact) mass is 246 g/mol. The van der Waals surface area contributed by atoms with Crippen LogP contribution in [-0.4, -0.2) is 28.6 Å². The maximum atomic E-state index is 5.80. The van der Waals surface area contributed by atoms with Gasteiger partial charge in [0.25, 0.3) is 0 Å². The van der Waals surface area contributed by atoms with E-state index in [1.807, 2.05) is 0 Å². The van der Waals surface area contributed by atoms with Gasteiger partial charge in [-0.15, -0.1) is 0 Å². The number of unbranched alkanes of at least 4 members (excludes halogenated alkanes) is 1. The van der Waals surface area contributed by atoms with Crippen LogP contribution in [0.5, 0.6) is 0 Å². The van der Waals surface area contributed by atoms with E-state index in [9.17, 15) is 0 Å². The number of hydrogen-bond donors (Lipinski definition) is 0. The van der Waals surface area contributed by atoms with Crippen LogP contribution in [0.1, 0.15) is 46.5 Å². The van der Waals surface area contributed by atoms with Crippen molar-refractivity contribution in [3.63, 3.8) is 0 Å². The molecule has 0 saturated heterocycles. The minimum atomic E-state index is -2.58. The molecule has 0 heterocycles. The molecule has 0 unspecified atom stereocenters. The van der Waals surface area contributed by atoms with Gasteiger partial charge in [0, 0.05) is 19.8 Å². The summed E-state index contributed by atoms with van der Waals surface area (Å²) in [6, 6.07) is 0. The third-order valence-electron chi connectivity index (χ3n) is 2.07. The highest BCUT2D eigenvalue weighted by molar-refractivity contribution is 6.66. The molecule has 0 amide bonds. The zero-order chi connectivity index (χ0) is 12.3. The molecule has 0 aliphatic heterocycles. The Balaban J connectivity index is 4.21. The van der Waals surface area contributed by atoms with Gasteiger partial charge in [-0.3, -0.25) is 0 Å². The highest BCUT2D eigenvalue weighted by Crippen LogP contribution is 2.13. The van der Waals surface area contributed by atoms with Crippen molar-refractivity contribution in [1.82, 2.24) is 0 Å². The highest BCUT2D eigenvalue weighted by Gasteiger charge is 2.37. The lowest BCUT2D eigenvalue weighted by molar-refractivity contribution is 0.0706. The quantitative estimate of drug-likeness (QED) is 0.413. The second-order valence-electron chi connectivity index (χ2n) is 3.71. The van der Waals surface area contributed by atoms with Gasteiger partial charge in [0.2, 0.25) is 0 Å². The molecule has 0 fully saturated rings. The van der Waals surface area contributed by atoms with Gasteiger partial charge in [-0.05, 0) is 25.0 Å². The third kappa shape index (κ3) is 6.43. The van der Waals surface area contributed by atoms with E-state index in [1.54, 1.807) is 5.70 Å². The van der Waals surface area contributed by atoms with Gasteiger partial charge < -0.3 is 13.3 Å². The van der Waals surface area contributed by atoms with Crippen LogP contribution in [0.4, 0.5) is 0 Å². The van der Waals surface area contributed by atoms with Crippen molar-refractivity contribution >= 4 is 8.80 Å². The molecule has 0 aliphatic rings. The van der Waals surface area contributed by atoms with E-state index in [2.05, 4.69) is 27.4 Å². The van der Waals surface area contributed by atoms with Crippen molar-refractivity contribution in [3.8, 4) is 0 Å². The zero-order valence-electron chi connectivity index (χ0n) is 11.0. The molecule has 0 radical (unpaired) electrons. The molecule has 0 atom stereocenters. The molecule has 0 bridgehead atoms. The van der Waals surface area contributed by atoms with Crippen LogP contribution in [0.3, 0.4) is 0 Å². The van der Waals surface area contributed by atoms with Crippen LogP contribution in [0.2, 0.25) is 0 Å². The molecule has 96 valence electrons. The molecule has 16 heavy (non-hydrogen) atoms. The van der Waals surface area contributed by atoms with Crippen molar-refractivity contribution in [2.24, 2.45) is 0 Å². The Morgan fingerprint density at radius 1 is 0.875 bits per heavy atom. The fraction of sp³-hybridized carbons (Fsp3) is 0.833. The predicted molar refractivity (Wildman–Crippen MR) is 69.3 cm³/mol. The Kier molecular flexibility index (Phi) is 9.92. The molecule has 0 aliphatic carbocycles. The van der Waals surface area contributed by atoms with Crippen LogP contribution in [0, 0.1) is 0 Å². The summed E-state index contributed by atoms with van der Waals surface area (Å²) >= 11 is 0. The van der Waals surface area contributed by atoms with E-state index >= 15 is 0 Å². The van der Waals surface area contributed by atoms with Crippen molar-refractivity contribution < 1.29 is 13.3 Å². The summed E-state index contributed by atoms with van der Waals surface area (Å²) in [5, 5.41) is 0. The summed E-state index contributed by atoms with van der Waals surface area (Å²) in [4.78, 5) is 0. The summed E-state index contributed by atoms with van der Waals surface area (Å²) in [7, 11) is -2.58. The average Bonchev–Trinajstić information content (AvgIpc) is 2.32. The summed E-state index contributed by atoms with van der Waals surface area (Å²) < 4.78 is 17.3. The lowest BCUT2D eigenvalue weighted by atomic mass is 10.4. The van der Waals surface area contributed by atoms with Crippen LogP contribution < -0.4 is 0 Å². The van der Waals surface area contributed by atoms with Crippen molar-refractivity contribution in [2.75, 3.05) is 19.8 Å². The molecule has 0 spiro atoms. The minimum absolute atomic E-state index is 0.675. The van der Waals surface area contributed by atoms with Gasteiger partial charge >= 0.3 is 8.80 Å². The topological polar surface area (TPSA) is 27.7 Å². The summed E-state index contributed by atoms with van der Waals surface area (Å²) in [6.45, 7) is 12.1. The number of rotatable bonds is 11. The van der Waals surface area contributed by atoms with E-state index in [1.165, 1.54) is 0 Å². The molecular weight excluding hydrogens is 220 g/mol. The third-order valence-corrected chi connectivity index (χ3v) is 4.39. The molecule has 0 rings (SSSR count). The van der Waals surface area contributed by atoms with E-state index in [4.69, 9.17) is 13.3 Å². The fourth-order valence-electron chi connectivity index (χ4n) is 1.15. The van der Waals surface area contributed by atoms with Gasteiger partial charge in [0.1, 0.15) is 0 Å². The first-order chi connectivity index (χ1) is 7.74. The Bertz CT molecular complexity index is 166. The van der Waals surface area contributed by atoms with Crippen molar-refractivity contribution in [2.45, 2.75) is 46.5 Å². The van der Waals surface area contributed by atoms with E-state index in [-0.39, 0.29) is 0 Å². The molecule has 3 nitrogen and oxygen atoms in total. The summed E-state index contributed by atoms with van der Waals surface area (Å²) in [5.74, 6) is 0. The fourth-order valence-corrected chi connectivity index (χ4v) is 3.16. The van der Waals surface area contributed by atoms with E-state index < -0.39 is 8.80 Å². The Morgan fingerprint density at radius 3 is 1.75 bits per heavy atom.